The van der Waals surface area contributed by atoms with E-state index in [2.05, 4.69) is 27.7 Å². The fourth-order valence-electron chi connectivity index (χ4n) is 2.21. The van der Waals surface area contributed by atoms with Gasteiger partial charge in [0, 0.05) is 12.5 Å². The predicted octanol–water partition coefficient (Wildman–Crippen LogP) is 4.26. The minimum Gasteiger partial charge on any atom is -0.417 e. The zero-order chi connectivity index (χ0) is 13.5. The molecule has 2 atom stereocenters. The number of hydrogen-bond donors (Lipinski definition) is 0. The summed E-state index contributed by atoms with van der Waals surface area (Å²) in [4.78, 5) is 11.2. The van der Waals surface area contributed by atoms with Gasteiger partial charge in [0.1, 0.15) is 5.78 Å². The van der Waals surface area contributed by atoms with Gasteiger partial charge in [0.2, 0.25) is 0 Å². The molecule has 0 spiro atoms. The molecule has 0 aromatic carbocycles. The largest absolute Gasteiger partial charge is 0.417 e. The van der Waals surface area contributed by atoms with Crippen molar-refractivity contribution in [1.82, 2.24) is 0 Å². The van der Waals surface area contributed by atoms with Crippen molar-refractivity contribution in [1.29, 1.82) is 0 Å². The van der Waals surface area contributed by atoms with Crippen molar-refractivity contribution in [2.75, 3.05) is 6.61 Å². The third kappa shape index (κ3) is 5.82. The maximum absolute atomic E-state index is 11.2. The quantitative estimate of drug-likeness (QED) is 0.578. The molecule has 0 bridgehead atoms. The maximum Gasteiger partial charge on any atom is 0.191 e. The molecule has 0 aromatic heterocycles. The Bertz CT molecular complexity index is 216. The van der Waals surface area contributed by atoms with Crippen LogP contribution in [0.5, 0.6) is 0 Å². The normalized spacial score (nSPS) is 15.6. The first-order chi connectivity index (χ1) is 7.90. The summed E-state index contributed by atoms with van der Waals surface area (Å²) in [5.74, 6) is 0.960. The second-order valence-electron chi connectivity index (χ2n) is 5.41. The summed E-state index contributed by atoms with van der Waals surface area (Å²) in [6.07, 6.45) is 0.955. The van der Waals surface area contributed by atoms with Gasteiger partial charge in [-0.05, 0) is 37.4 Å². The standard InChI is InChI=1S/C14H30O2Si/c1-7-17(8-2,9-3)16-11-12(4)10-13(5)14(6)15/h12-13H,7-11H2,1-6H3/t12-,13+/m1/s1. The highest BCUT2D eigenvalue weighted by Gasteiger charge is 2.29. The average Bonchev–Trinajstić information content (AvgIpc) is 2.31. The molecule has 0 saturated carbocycles. The highest BCUT2D eigenvalue weighted by Crippen LogP contribution is 2.23. The number of hydrogen-bond acceptors (Lipinski definition) is 2. The van der Waals surface area contributed by atoms with E-state index in [9.17, 15) is 4.79 Å². The number of ketones is 1. The van der Waals surface area contributed by atoms with Crippen molar-refractivity contribution in [3.05, 3.63) is 0 Å². The fraction of sp³-hybridized carbons (Fsp3) is 0.929. The van der Waals surface area contributed by atoms with E-state index in [0.29, 0.717) is 11.7 Å². The van der Waals surface area contributed by atoms with Crippen molar-refractivity contribution in [2.24, 2.45) is 11.8 Å². The van der Waals surface area contributed by atoms with Crippen LogP contribution in [0.1, 0.15) is 48.0 Å². The van der Waals surface area contributed by atoms with E-state index in [-0.39, 0.29) is 5.92 Å². The Balaban J connectivity index is 4.13. The van der Waals surface area contributed by atoms with Crippen LogP contribution in [0.15, 0.2) is 0 Å². The van der Waals surface area contributed by atoms with Crippen LogP contribution in [0.4, 0.5) is 0 Å². The molecule has 0 amide bonds. The second kappa shape index (κ2) is 8.04. The molecule has 0 radical (unpaired) electrons. The van der Waals surface area contributed by atoms with Crippen LogP contribution < -0.4 is 0 Å². The number of Topliss-reactive ketones (excluding diaryl/α,β-unsaturated/α-hetero) is 1. The Morgan fingerprint density at radius 1 is 1.12 bits per heavy atom. The van der Waals surface area contributed by atoms with Gasteiger partial charge in [0.25, 0.3) is 0 Å². The molecule has 2 nitrogen and oxygen atoms in total. The third-order valence-corrected chi connectivity index (χ3v) is 8.70. The van der Waals surface area contributed by atoms with Crippen molar-refractivity contribution in [2.45, 2.75) is 66.1 Å². The maximum atomic E-state index is 11.2. The van der Waals surface area contributed by atoms with Gasteiger partial charge in [-0.25, -0.2) is 0 Å². The lowest BCUT2D eigenvalue weighted by Crippen LogP contribution is -2.37. The molecule has 0 aliphatic carbocycles. The van der Waals surface area contributed by atoms with E-state index in [1.807, 2.05) is 6.92 Å². The highest BCUT2D eigenvalue weighted by atomic mass is 28.4. The number of rotatable bonds is 9. The molecule has 3 heteroatoms. The molecule has 0 aromatic rings. The highest BCUT2D eigenvalue weighted by molar-refractivity contribution is 6.73. The first kappa shape index (κ1) is 16.8. The molecule has 0 aliphatic heterocycles. The first-order valence-electron chi connectivity index (χ1n) is 7.05. The molecule has 0 unspecified atom stereocenters. The Kier molecular flexibility index (Phi) is 7.97. The Morgan fingerprint density at radius 3 is 1.94 bits per heavy atom. The van der Waals surface area contributed by atoms with Crippen LogP contribution in [0.3, 0.4) is 0 Å². The van der Waals surface area contributed by atoms with Gasteiger partial charge >= 0.3 is 0 Å². The minimum atomic E-state index is -1.44. The van der Waals surface area contributed by atoms with E-state index in [1.54, 1.807) is 6.92 Å². The van der Waals surface area contributed by atoms with Crippen molar-refractivity contribution >= 4 is 14.1 Å². The van der Waals surface area contributed by atoms with Crippen LogP contribution >= 0.6 is 0 Å². The number of carbonyl (C=O) groups excluding carboxylic acids is 1. The Hall–Kier alpha value is -0.153. The van der Waals surface area contributed by atoms with Crippen molar-refractivity contribution < 1.29 is 9.22 Å². The molecule has 17 heavy (non-hydrogen) atoms. The molecule has 0 N–H and O–H groups in total. The minimum absolute atomic E-state index is 0.176. The summed E-state index contributed by atoms with van der Waals surface area (Å²) in [6, 6.07) is 3.61. The summed E-state index contributed by atoms with van der Waals surface area (Å²) in [5, 5.41) is 0. The average molecular weight is 258 g/mol. The summed E-state index contributed by atoms with van der Waals surface area (Å²) >= 11 is 0. The SMILES string of the molecule is CC[Si](CC)(CC)OC[C@H](C)C[C@H](C)C(C)=O. The molecule has 102 valence electrons. The van der Waals surface area contributed by atoms with Crippen LogP contribution in [-0.4, -0.2) is 20.7 Å². The smallest absolute Gasteiger partial charge is 0.191 e. The first-order valence-corrected chi connectivity index (χ1v) is 9.58. The van der Waals surface area contributed by atoms with Gasteiger partial charge in [-0.3, -0.25) is 4.79 Å². The van der Waals surface area contributed by atoms with Gasteiger partial charge in [-0.1, -0.05) is 34.6 Å². The lowest BCUT2D eigenvalue weighted by Gasteiger charge is -2.30. The van der Waals surface area contributed by atoms with Gasteiger partial charge in [-0.15, -0.1) is 0 Å². The van der Waals surface area contributed by atoms with E-state index in [1.165, 1.54) is 18.1 Å². The third-order valence-electron chi connectivity index (χ3n) is 4.06. The molecule has 0 heterocycles. The van der Waals surface area contributed by atoms with Gasteiger partial charge in [-0.2, -0.15) is 0 Å². The Morgan fingerprint density at radius 2 is 1.59 bits per heavy atom. The molecule has 0 rings (SSSR count). The van der Waals surface area contributed by atoms with Crippen LogP contribution in [0.25, 0.3) is 0 Å². The van der Waals surface area contributed by atoms with Crippen molar-refractivity contribution in [3.8, 4) is 0 Å². The Labute approximate surface area is 108 Å². The van der Waals surface area contributed by atoms with Crippen LogP contribution in [0, 0.1) is 11.8 Å². The summed E-state index contributed by atoms with van der Waals surface area (Å²) in [7, 11) is -1.44. The van der Waals surface area contributed by atoms with Crippen LogP contribution in [0.2, 0.25) is 18.1 Å². The summed E-state index contributed by atoms with van der Waals surface area (Å²) in [5.41, 5.74) is 0. The molecule has 0 fully saturated rings. The summed E-state index contributed by atoms with van der Waals surface area (Å²) in [6.45, 7) is 13.5. The topological polar surface area (TPSA) is 26.3 Å². The lowest BCUT2D eigenvalue weighted by atomic mass is 9.95. The van der Waals surface area contributed by atoms with E-state index in [0.717, 1.165) is 13.0 Å². The molecule has 0 saturated heterocycles. The van der Waals surface area contributed by atoms with Crippen LogP contribution in [-0.2, 0) is 9.22 Å². The monoisotopic (exact) mass is 258 g/mol. The zero-order valence-electron chi connectivity index (χ0n) is 12.5. The van der Waals surface area contributed by atoms with Gasteiger partial charge in [0.15, 0.2) is 8.32 Å². The van der Waals surface area contributed by atoms with E-state index in [4.69, 9.17) is 4.43 Å². The molecule has 0 aliphatic rings. The van der Waals surface area contributed by atoms with E-state index < -0.39 is 8.32 Å². The van der Waals surface area contributed by atoms with Gasteiger partial charge in [0.05, 0.1) is 0 Å². The zero-order valence-corrected chi connectivity index (χ0v) is 13.5. The molecular formula is C14H30O2Si. The van der Waals surface area contributed by atoms with E-state index >= 15 is 0 Å². The van der Waals surface area contributed by atoms with Gasteiger partial charge < -0.3 is 4.43 Å². The lowest BCUT2D eigenvalue weighted by molar-refractivity contribution is -0.120. The van der Waals surface area contributed by atoms with Crippen molar-refractivity contribution in [3.63, 3.8) is 0 Å². The predicted molar refractivity (Wildman–Crippen MR) is 76.8 cm³/mol. The fourth-order valence-corrected chi connectivity index (χ4v) is 4.96. The molecular weight excluding hydrogens is 228 g/mol. The number of carbonyl (C=O) groups is 1. The summed E-state index contributed by atoms with van der Waals surface area (Å²) < 4.78 is 6.25. The second-order valence-corrected chi connectivity index (χ2v) is 10.2.